The lowest BCUT2D eigenvalue weighted by Gasteiger charge is -2.07. The Kier molecular flexibility index (Phi) is 5.05. The largest absolute Gasteiger partial charge is 0.349 e. The summed E-state index contributed by atoms with van der Waals surface area (Å²) in [6, 6.07) is 6.11. The first-order valence-electron chi connectivity index (χ1n) is 5.31. The van der Waals surface area contributed by atoms with Crippen LogP contribution in [0.1, 0.15) is 19.4 Å². The first kappa shape index (κ1) is 14.4. The number of halogens is 2. The summed E-state index contributed by atoms with van der Waals surface area (Å²) < 4.78 is 14.2. The van der Waals surface area contributed by atoms with Crippen LogP contribution >= 0.6 is 15.9 Å². The summed E-state index contributed by atoms with van der Waals surface area (Å²) in [6.07, 6.45) is 1.24. The van der Waals surface area contributed by atoms with Gasteiger partial charge >= 0.3 is 0 Å². The van der Waals surface area contributed by atoms with Crippen molar-refractivity contribution in [3.63, 3.8) is 0 Å². The molecule has 1 aromatic carbocycles. The summed E-state index contributed by atoms with van der Waals surface area (Å²) in [6.45, 7) is 3.57. The Morgan fingerprint density at radius 1 is 1.56 bits per heavy atom. The number of nitrogens with zero attached hydrogens (tertiary/aromatic N) is 1. The van der Waals surface area contributed by atoms with E-state index in [-0.39, 0.29) is 17.2 Å². The van der Waals surface area contributed by atoms with Crippen molar-refractivity contribution in [2.75, 3.05) is 0 Å². The fourth-order valence-corrected chi connectivity index (χ4v) is 1.60. The lowest BCUT2D eigenvalue weighted by molar-refractivity contribution is -0.117. The van der Waals surface area contributed by atoms with E-state index in [0.29, 0.717) is 4.47 Å². The second-order valence-corrected chi connectivity index (χ2v) is 4.88. The number of carbonyl (C=O) groups excluding carboxylic acids is 1. The van der Waals surface area contributed by atoms with E-state index in [0.717, 1.165) is 0 Å². The van der Waals surface area contributed by atoms with Gasteiger partial charge in [0.15, 0.2) is 0 Å². The van der Waals surface area contributed by atoms with Crippen molar-refractivity contribution in [3.05, 3.63) is 39.6 Å². The minimum Gasteiger partial charge on any atom is -0.349 e. The summed E-state index contributed by atoms with van der Waals surface area (Å²) >= 11 is 3.14. The SMILES string of the molecule is CC(C)NC(=O)/C(C#N)=C/c1ccc(Br)cc1F. The second kappa shape index (κ2) is 6.31. The summed E-state index contributed by atoms with van der Waals surface area (Å²) in [5, 5.41) is 11.5. The molecule has 0 atom stereocenters. The van der Waals surface area contributed by atoms with E-state index >= 15 is 0 Å². The highest BCUT2D eigenvalue weighted by molar-refractivity contribution is 9.10. The number of nitriles is 1. The highest BCUT2D eigenvalue weighted by atomic mass is 79.9. The van der Waals surface area contributed by atoms with Crippen LogP contribution in [0.5, 0.6) is 0 Å². The molecule has 0 fully saturated rings. The van der Waals surface area contributed by atoms with E-state index < -0.39 is 11.7 Å². The van der Waals surface area contributed by atoms with Crippen LogP contribution in [0.2, 0.25) is 0 Å². The molecule has 1 amide bonds. The standard InChI is InChI=1S/C13H12BrFN2O/c1-8(2)17-13(18)10(7-16)5-9-3-4-11(14)6-12(9)15/h3-6,8H,1-2H3,(H,17,18)/b10-5+. The fraction of sp³-hybridized carbons (Fsp3) is 0.231. The van der Waals surface area contributed by atoms with E-state index in [1.807, 2.05) is 0 Å². The molecule has 18 heavy (non-hydrogen) atoms. The zero-order valence-corrected chi connectivity index (χ0v) is 11.6. The predicted molar refractivity (Wildman–Crippen MR) is 71.0 cm³/mol. The number of nitrogens with one attached hydrogen (secondary N) is 1. The molecule has 94 valence electrons. The third-order valence-electron chi connectivity index (χ3n) is 2.05. The Labute approximate surface area is 113 Å². The van der Waals surface area contributed by atoms with Crippen molar-refractivity contribution in [1.29, 1.82) is 5.26 Å². The highest BCUT2D eigenvalue weighted by Gasteiger charge is 2.11. The Morgan fingerprint density at radius 2 is 2.22 bits per heavy atom. The van der Waals surface area contributed by atoms with Crippen LogP contribution in [0, 0.1) is 17.1 Å². The zero-order valence-electron chi connectivity index (χ0n) is 10.00. The van der Waals surface area contributed by atoms with E-state index in [1.165, 1.54) is 18.2 Å². The van der Waals surface area contributed by atoms with Gasteiger partial charge in [-0.25, -0.2) is 4.39 Å². The Bertz CT molecular complexity index is 532. The van der Waals surface area contributed by atoms with Crippen LogP contribution in [0.3, 0.4) is 0 Å². The summed E-state index contributed by atoms with van der Waals surface area (Å²) in [5.74, 6) is -0.996. The zero-order chi connectivity index (χ0) is 13.7. The van der Waals surface area contributed by atoms with E-state index in [4.69, 9.17) is 5.26 Å². The van der Waals surface area contributed by atoms with Gasteiger partial charge in [0.25, 0.3) is 5.91 Å². The van der Waals surface area contributed by atoms with Crippen molar-refractivity contribution in [3.8, 4) is 6.07 Å². The number of carbonyl (C=O) groups is 1. The van der Waals surface area contributed by atoms with Crippen molar-refractivity contribution in [2.45, 2.75) is 19.9 Å². The number of hydrogen-bond acceptors (Lipinski definition) is 2. The molecule has 3 nitrogen and oxygen atoms in total. The summed E-state index contributed by atoms with van der Waals surface area (Å²) in [4.78, 5) is 11.6. The molecule has 0 aliphatic heterocycles. The predicted octanol–water partition coefficient (Wildman–Crippen LogP) is 3.02. The molecule has 1 aromatic rings. The normalized spacial score (nSPS) is 11.2. The lowest BCUT2D eigenvalue weighted by Crippen LogP contribution is -2.30. The van der Waals surface area contributed by atoms with Gasteiger partial charge in [-0.1, -0.05) is 22.0 Å². The van der Waals surface area contributed by atoms with Crippen molar-refractivity contribution in [2.24, 2.45) is 0 Å². The summed E-state index contributed by atoms with van der Waals surface area (Å²) in [5.41, 5.74) is 0.0820. The molecule has 5 heteroatoms. The molecule has 0 heterocycles. The molecule has 1 N–H and O–H groups in total. The molecule has 0 saturated heterocycles. The van der Waals surface area contributed by atoms with Crippen LogP contribution in [-0.2, 0) is 4.79 Å². The van der Waals surface area contributed by atoms with Gasteiger partial charge in [0.1, 0.15) is 17.5 Å². The smallest absolute Gasteiger partial charge is 0.262 e. The minimum atomic E-state index is -0.505. The molecule has 0 aliphatic rings. The number of amides is 1. The first-order chi connectivity index (χ1) is 8.43. The maximum atomic E-state index is 13.6. The number of hydrogen-bond donors (Lipinski definition) is 1. The van der Waals surface area contributed by atoms with Gasteiger partial charge in [0.05, 0.1) is 0 Å². The molecule has 0 radical (unpaired) electrons. The second-order valence-electron chi connectivity index (χ2n) is 3.96. The van der Waals surface area contributed by atoms with Gasteiger partial charge in [-0.3, -0.25) is 4.79 Å². The minimum absolute atomic E-state index is 0.0796. The first-order valence-corrected chi connectivity index (χ1v) is 6.11. The van der Waals surface area contributed by atoms with Crippen LogP contribution in [0.25, 0.3) is 6.08 Å². The Morgan fingerprint density at radius 3 is 2.72 bits per heavy atom. The van der Waals surface area contributed by atoms with Crippen LogP contribution in [-0.4, -0.2) is 11.9 Å². The molecule has 0 unspecified atom stereocenters. The molecular weight excluding hydrogens is 299 g/mol. The fourth-order valence-electron chi connectivity index (χ4n) is 1.26. The van der Waals surface area contributed by atoms with E-state index in [9.17, 15) is 9.18 Å². The van der Waals surface area contributed by atoms with Gasteiger partial charge in [0, 0.05) is 16.1 Å². The quantitative estimate of drug-likeness (QED) is 0.689. The maximum absolute atomic E-state index is 13.6. The average Bonchev–Trinajstić information content (AvgIpc) is 2.27. The molecule has 0 aliphatic carbocycles. The van der Waals surface area contributed by atoms with Crippen LogP contribution in [0.4, 0.5) is 4.39 Å². The molecule has 0 saturated carbocycles. The lowest BCUT2D eigenvalue weighted by atomic mass is 10.1. The van der Waals surface area contributed by atoms with Crippen LogP contribution in [0.15, 0.2) is 28.2 Å². The number of benzene rings is 1. The topological polar surface area (TPSA) is 52.9 Å². The highest BCUT2D eigenvalue weighted by Crippen LogP contribution is 2.17. The van der Waals surface area contributed by atoms with Crippen LogP contribution < -0.4 is 5.32 Å². The third-order valence-corrected chi connectivity index (χ3v) is 2.54. The number of rotatable bonds is 3. The molecular formula is C13H12BrFN2O. The molecule has 0 aromatic heterocycles. The summed E-state index contributed by atoms with van der Waals surface area (Å²) in [7, 11) is 0. The monoisotopic (exact) mass is 310 g/mol. The van der Waals surface area contributed by atoms with Crippen molar-refractivity contribution < 1.29 is 9.18 Å². The Balaban J connectivity index is 3.05. The van der Waals surface area contributed by atoms with E-state index in [1.54, 1.807) is 26.0 Å². The van der Waals surface area contributed by atoms with Gasteiger partial charge in [-0.2, -0.15) is 5.26 Å². The molecule has 0 bridgehead atoms. The maximum Gasteiger partial charge on any atom is 0.262 e. The van der Waals surface area contributed by atoms with Crippen molar-refractivity contribution >= 4 is 27.9 Å². The molecule has 0 spiro atoms. The Hall–Kier alpha value is -1.67. The van der Waals surface area contributed by atoms with E-state index in [2.05, 4.69) is 21.2 Å². The molecule has 1 rings (SSSR count). The third kappa shape index (κ3) is 3.97. The van der Waals surface area contributed by atoms with Gasteiger partial charge in [0.2, 0.25) is 0 Å². The van der Waals surface area contributed by atoms with Crippen molar-refractivity contribution in [1.82, 2.24) is 5.32 Å². The van der Waals surface area contributed by atoms with Gasteiger partial charge in [-0.15, -0.1) is 0 Å². The average molecular weight is 311 g/mol. The van der Waals surface area contributed by atoms with Gasteiger partial charge in [-0.05, 0) is 32.1 Å². The van der Waals surface area contributed by atoms with Gasteiger partial charge < -0.3 is 5.32 Å².